The Morgan fingerprint density at radius 1 is 1.45 bits per heavy atom. The second-order valence-electron chi connectivity index (χ2n) is 1.89. The second kappa shape index (κ2) is 3.44. The molecule has 0 N–H and O–H groups in total. The Balaban J connectivity index is 3.13. The van der Waals surface area contributed by atoms with Crippen molar-refractivity contribution in [2.24, 2.45) is 0 Å². The van der Waals surface area contributed by atoms with Crippen LogP contribution in [0.5, 0.6) is 0 Å². The average Bonchev–Trinajstić information content (AvgIpc) is 2.04. The first-order valence-electron chi connectivity index (χ1n) is 3.03. The molecule has 0 radical (unpaired) electrons. The van der Waals surface area contributed by atoms with Crippen molar-refractivity contribution in [3.05, 3.63) is 42.1 Å². The molecule has 0 aliphatic rings. The summed E-state index contributed by atoms with van der Waals surface area (Å²) in [5.74, 6) is -0.453. The van der Waals surface area contributed by atoms with Crippen molar-refractivity contribution < 1.29 is 8.60 Å². The third kappa shape index (κ3) is 1.74. The average molecular weight is 170 g/mol. The summed E-state index contributed by atoms with van der Waals surface area (Å²) in [6.45, 7) is 3.31. The van der Waals surface area contributed by atoms with Crippen LogP contribution < -0.4 is 0 Å². The fourth-order valence-electron chi connectivity index (χ4n) is 0.698. The predicted octanol–water partition coefficient (Wildman–Crippen LogP) is 2.08. The zero-order valence-electron chi connectivity index (χ0n) is 5.79. The van der Waals surface area contributed by atoms with E-state index in [0.717, 1.165) is 0 Å². The standard InChI is InChI=1S/C8H7FOS/c1-2-11(10)8-6-4-3-5-7(8)9/h2-6H,1H2/t11-/m0/s1. The third-order valence-corrected chi connectivity index (χ3v) is 2.27. The van der Waals surface area contributed by atoms with Gasteiger partial charge in [0.25, 0.3) is 0 Å². The molecule has 58 valence electrons. The van der Waals surface area contributed by atoms with Crippen LogP contribution in [0, 0.1) is 5.82 Å². The van der Waals surface area contributed by atoms with Crippen LogP contribution >= 0.6 is 0 Å². The third-order valence-electron chi connectivity index (χ3n) is 1.20. The van der Waals surface area contributed by atoms with Crippen molar-refractivity contribution in [3.8, 4) is 0 Å². The molecule has 0 aliphatic carbocycles. The van der Waals surface area contributed by atoms with Crippen molar-refractivity contribution in [2.45, 2.75) is 4.90 Å². The molecule has 0 heterocycles. The fourth-order valence-corrected chi connectivity index (χ4v) is 1.35. The van der Waals surface area contributed by atoms with Crippen LogP contribution in [0.1, 0.15) is 0 Å². The monoisotopic (exact) mass is 170 g/mol. The van der Waals surface area contributed by atoms with Gasteiger partial charge < -0.3 is 0 Å². The van der Waals surface area contributed by atoms with Gasteiger partial charge in [0.15, 0.2) is 0 Å². The number of benzene rings is 1. The van der Waals surface area contributed by atoms with E-state index in [1.165, 1.54) is 17.5 Å². The lowest BCUT2D eigenvalue weighted by Crippen LogP contribution is -1.89. The maximum Gasteiger partial charge on any atom is 0.139 e. The van der Waals surface area contributed by atoms with Gasteiger partial charge in [0.1, 0.15) is 5.82 Å². The van der Waals surface area contributed by atoms with Gasteiger partial charge in [0.05, 0.1) is 15.7 Å². The summed E-state index contributed by atoms with van der Waals surface area (Å²) >= 11 is 0. The molecule has 1 rings (SSSR count). The number of hydrogen-bond acceptors (Lipinski definition) is 1. The van der Waals surface area contributed by atoms with E-state index in [9.17, 15) is 8.60 Å². The maximum absolute atomic E-state index is 12.8. The van der Waals surface area contributed by atoms with Crippen LogP contribution in [-0.4, -0.2) is 4.21 Å². The summed E-state index contributed by atoms with van der Waals surface area (Å²) < 4.78 is 23.8. The van der Waals surface area contributed by atoms with Crippen molar-refractivity contribution in [2.75, 3.05) is 0 Å². The van der Waals surface area contributed by atoms with Gasteiger partial charge in [-0.1, -0.05) is 18.7 Å². The summed E-state index contributed by atoms with van der Waals surface area (Å²) in [7, 11) is -1.41. The van der Waals surface area contributed by atoms with Gasteiger partial charge in [0, 0.05) is 5.41 Å². The summed E-state index contributed by atoms with van der Waals surface area (Å²) in [5, 5.41) is 1.21. The van der Waals surface area contributed by atoms with Gasteiger partial charge >= 0.3 is 0 Å². The summed E-state index contributed by atoms with van der Waals surface area (Å²) in [4.78, 5) is 0.183. The molecule has 0 saturated heterocycles. The molecule has 1 aromatic carbocycles. The molecule has 0 aromatic heterocycles. The summed E-state index contributed by atoms with van der Waals surface area (Å²) in [6, 6.07) is 5.95. The van der Waals surface area contributed by atoms with Crippen molar-refractivity contribution in [3.63, 3.8) is 0 Å². The van der Waals surface area contributed by atoms with Gasteiger partial charge in [-0.2, -0.15) is 0 Å². The van der Waals surface area contributed by atoms with E-state index in [0.29, 0.717) is 0 Å². The normalized spacial score (nSPS) is 12.5. The highest BCUT2D eigenvalue weighted by Crippen LogP contribution is 2.11. The lowest BCUT2D eigenvalue weighted by molar-refractivity contribution is 0.596. The first-order chi connectivity index (χ1) is 5.25. The van der Waals surface area contributed by atoms with Crippen LogP contribution in [0.4, 0.5) is 4.39 Å². The van der Waals surface area contributed by atoms with E-state index >= 15 is 0 Å². The first-order valence-corrected chi connectivity index (χ1v) is 4.24. The molecule has 1 nitrogen and oxygen atoms in total. The van der Waals surface area contributed by atoms with E-state index in [2.05, 4.69) is 6.58 Å². The highest BCUT2D eigenvalue weighted by molar-refractivity contribution is 7.88. The minimum absolute atomic E-state index is 0.183. The molecule has 0 aliphatic heterocycles. The minimum Gasteiger partial charge on any atom is -0.250 e. The lowest BCUT2D eigenvalue weighted by Gasteiger charge is -1.96. The molecule has 0 unspecified atom stereocenters. The smallest absolute Gasteiger partial charge is 0.139 e. The predicted molar refractivity (Wildman–Crippen MR) is 43.0 cm³/mol. The topological polar surface area (TPSA) is 17.1 Å². The van der Waals surface area contributed by atoms with E-state index in [1.807, 2.05) is 0 Å². The fraction of sp³-hybridized carbons (Fsp3) is 0. The Bertz CT molecular complexity index is 296. The van der Waals surface area contributed by atoms with Gasteiger partial charge in [-0.05, 0) is 12.1 Å². The molecule has 1 aromatic rings. The molecule has 0 saturated carbocycles. The summed E-state index contributed by atoms with van der Waals surface area (Å²) in [5.41, 5.74) is 0. The van der Waals surface area contributed by atoms with E-state index in [1.54, 1.807) is 12.1 Å². The minimum atomic E-state index is -1.41. The van der Waals surface area contributed by atoms with Crippen LogP contribution in [0.25, 0.3) is 0 Å². The van der Waals surface area contributed by atoms with Gasteiger partial charge in [-0.15, -0.1) is 0 Å². The Labute approximate surface area is 67.0 Å². The van der Waals surface area contributed by atoms with E-state index < -0.39 is 16.6 Å². The Morgan fingerprint density at radius 2 is 2.09 bits per heavy atom. The molecule has 11 heavy (non-hydrogen) atoms. The van der Waals surface area contributed by atoms with Crippen LogP contribution in [0.3, 0.4) is 0 Å². The molecule has 0 amide bonds. The number of halogens is 1. The second-order valence-corrected chi connectivity index (χ2v) is 3.26. The molecule has 3 heteroatoms. The zero-order valence-corrected chi connectivity index (χ0v) is 6.60. The first kappa shape index (κ1) is 8.14. The number of hydrogen-bond donors (Lipinski definition) is 0. The van der Waals surface area contributed by atoms with Gasteiger partial charge in [-0.25, -0.2) is 8.60 Å². The van der Waals surface area contributed by atoms with Gasteiger partial charge in [0.2, 0.25) is 0 Å². The molecular formula is C8H7FOS. The van der Waals surface area contributed by atoms with E-state index in [4.69, 9.17) is 0 Å². The van der Waals surface area contributed by atoms with Crippen molar-refractivity contribution in [1.82, 2.24) is 0 Å². The van der Waals surface area contributed by atoms with Crippen LogP contribution in [0.15, 0.2) is 41.1 Å². The molecule has 0 bridgehead atoms. The lowest BCUT2D eigenvalue weighted by atomic mass is 10.4. The Morgan fingerprint density at radius 3 is 2.64 bits per heavy atom. The van der Waals surface area contributed by atoms with E-state index in [-0.39, 0.29) is 4.90 Å². The van der Waals surface area contributed by atoms with Crippen LogP contribution in [0.2, 0.25) is 0 Å². The highest BCUT2D eigenvalue weighted by atomic mass is 32.2. The number of rotatable bonds is 2. The Kier molecular flexibility index (Phi) is 2.54. The maximum atomic E-state index is 12.8. The molecular weight excluding hydrogens is 163 g/mol. The Hall–Kier alpha value is -0.960. The summed E-state index contributed by atoms with van der Waals surface area (Å²) in [6.07, 6.45) is 0. The quantitative estimate of drug-likeness (QED) is 0.664. The van der Waals surface area contributed by atoms with Crippen molar-refractivity contribution in [1.29, 1.82) is 0 Å². The van der Waals surface area contributed by atoms with Gasteiger partial charge in [-0.3, -0.25) is 0 Å². The SMILES string of the molecule is C=C[S@](=O)c1ccccc1F. The molecule has 0 spiro atoms. The highest BCUT2D eigenvalue weighted by Gasteiger charge is 2.03. The largest absolute Gasteiger partial charge is 0.250 e. The van der Waals surface area contributed by atoms with Crippen molar-refractivity contribution >= 4 is 10.8 Å². The van der Waals surface area contributed by atoms with Crippen LogP contribution in [-0.2, 0) is 10.8 Å². The molecule has 0 fully saturated rings. The molecule has 1 atom stereocenters. The zero-order chi connectivity index (χ0) is 8.27.